The first-order valence-corrected chi connectivity index (χ1v) is 12.8. The molecule has 25 heavy (non-hydrogen) atoms. The van der Waals surface area contributed by atoms with Gasteiger partial charge in [0, 0.05) is 35.6 Å². The molecule has 1 aromatic carbocycles. The van der Waals surface area contributed by atoms with Gasteiger partial charge in [-0.1, -0.05) is 45.0 Å². The van der Waals surface area contributed by atoms with Crippen LogP contribution in [0.5, 0.6) is 0 Å². The van der Waals surface area contributed by atoms with E-state index >= 15 is 0 Å². The van der Waals surface area contributed by atoms with E-state index in [-0.39, 0.29) is 5.04 Å². The van der Waals surface area contributed by atoms with Crippen LogP contribution >= 0.6 is 11.8 Å². The highest BCUT2D eigenvalue weighted by atomic mass is 32.2. The summed E-state index contributed by atoms with van der Waals surface area (Å²) < 4.78 is 6.24. The number of anilines is 2. The summed E-state index contributed by atoms with van der Waals surface area (Å²) in [5, 5.41) is 3.68. The van der Waals surface area contributed by atoms with Gasteiger partial charge >= 0.3 is 0 Å². The van der Waals surface area contributed by atoms with Crippen molar-refractivity contribution in [3.8, 4) is 0 Å². The van der Waals surface area contributed by atoms with E-state index in [4.69, 9.17) is 4.43 Å². The van der Waals surface area contributed by atoms with Gasteiger partial charge in [0.05, 0.1) is 0 Å². The van der Waals surface area contributed by atoms with Gasteiger partial charge in [0.2, 0.25) is 0 Å². The lowest BCUT2D eigenvalue weighted by atomic mass is 10.2. The summed E-state index contributed by atoms with van der Waals surface area (Å²) in [7, 11) is -1.63. The van der Waals surface area contributed by atoms with Gasteiger partial charge in [-0.15, -0.1) is 0 Å². The Kier molecular flexibility index (Phi) is 7.11. The largest absolute Gasteiger partial charge is 0.416 e. The Morgan fingerprint density at radius 2 is 1.80 bits per heavy atom. The smallest absolute Gasteiger partial charge is 0.192 e. The van der Waals surface area contributed by atoms with Crippen LogP contribution in [0.2, 0.25) is 18.1 Å². The number of thioether (sulfide) groups is 1. The standard InChI is InChI=1S/C20H30N2OSSi/c1-20(2,3)25(4,5)23-14-15-24-16-17-10-9-13-21-19(17)22-18-11-7-6-8-12-18/h6-13H,14-16H2,1-5H3,(H,21,22). The van der Waals surface area contributed by atoms with Crippen LogP contribution in [0.1, 0.15) is 26.3 Å². The van der Waals surface area contributed by atoms with Crippen LogP contribution in [0.25, 0.3) is 0 Å². The van der Waals surface area contributed by atoms with Crippen molar-refractivity contribution < 1.29 is 4.43 Å². The first kappa shape index (κ1) is 20.0. The molecule has 0 saturated heterocycles. The zero-order valence-electron chi connectivity index (χ0n) is 16.0. The molecule has 0 spiro atoms. The number of nitrogens with one attached hydrogen (secondary N) is 1. The average molecular weight is 375 g/mol. The minimum absolute atomic E-state index is 0.272. The molecule has 1 N–H and O–H groups in total. The van der Waals surface area contributed by atoms with Crippen LogP contribution in [0.15, 0.2) is 48.7 Å². The monoisotopic (exact) mass is 374 g/mol. The Labute approximate surface area is 157 Å². The lowest BCUT2D eigenvalue weighted by molar-refractivity contribution is 0.311. The number of hydrogen-bond acceptors (Lipinski definition) is 4. The minimum Gasteiger partial charge on any atom is -0.416 e. The van der Waals surface area contributed by atoms with Crippen molar-refractivity contribution in [3.63, 3.8) is 0 Å². The van der Waals surface area contributed by atoms with E-state index in [2.05, 4.69) is 62.4 Å². The molecule has 0 fully saturated rings. The van der Waals surface area contributed by atoms with E-state index in [0.717, 1.165) is 29.6 Å². The Balaban J connectivity index is 1.84. The molecule has 2 aromatic rings. The number of benzene rings is 1. The molecule has 136 valence electrons. The molecule has 0 aliphatic heterocycles. The SMILES string of the molecule is CC(C)(C)[Si](C)(C)OCCSCc1cccnc1Nc1ccccc1. The van der Waals surface area contributed by atoms with Gasteiger partial charge in [-0.05, 0) is 36.3 Å². The van der Waals surface area contributed by atoms with E-state index in [9.17, 15) is 0 Å². The predicted molar refractivity (Wildman–Crippen MR) is 113 cm³/mol. The zero-order valence-corrected chi connectivity index (χ0v) is 17.8. The van der Waals surface area contributed by atoms with Crippen molar-refractivity contribution in [3.05, 3.63) is 54.2 Å². The van der Waals surface area contributed by atoms with Crippen LogP contribution in [0.3, 0.4) is 0 Å². The van der Waals surface area contributed by atoms with Crippen molar-refractivity contribution in [2.24, 2.45) is 0 Å². The molecule has 0 atom stereocenters. The number of aromatic nitrogens is 1. The first-order valence-electron chi connectivity index (χ1n) is 8.77. The third kappa shape index (κ3) is 6.17. The molecular formula is C20H30N2OSSi. The van der Waals surface area contributed by atoms with Gasteiger partial charge in [0.1, 0.15) is 5.82 Å². The molecule has 2 rings (SSSR count). The maximum atomic E-state index is 6.24. The quantitative estimate of drug-likeness (QED) is 0.448. The van der Waals surface area contributed by atoms with Crippen molar-refractivity contribution in [2.75, 3.05) is 17.7 Å². The summed E-state index contributed by atoms with van der Waals surface area (Å²) in [6.45, 7) is 12.3. The lowest BCUT2D eigenvalue weighted by Crippen LogP contribution is -2.41. The van der Waals surface area contributed by atoms with Crippen LogP contribution in [0.4, 0.5) is 11.5 Å². The summed E-state index contributed by atoms with van der Waals surface area (Å²) in [5.41, 5.74) is 2.29. The molecule has 0 aliphatic rings. The Morgan fingerprint density at radius 3 is 2.48 bits per heavy atom. The molecule has 1 heterocycles. The molecule has 1 aromatic heterocycles. The van der Waals surface area contributed by atoms with Crippen molar-refractivity contribution in [2.45, 2.75) is 44.7 Å². The van der Waals surface area contributed by atoms with E-state index in [1.54, 1.807) is 0 Å². The number of para-hydroxylation sites is 1. The highest BCUT2D eigenvalue weighted by molar-refractivity contribution is 7.98. The number of rotatable bonds is 8. The predicted octanol–water partition coefficient (Wildman–Crippen LogP) is 6.08. The third-order valence-corrected chi connectivity index (χ3v) is 10.2. The summed E-state index contributed by atoms with van der Waals surface area (Å²) >= 11 is 1.90. The maximum absolute atomic E-state index is 6.24. The molecule has 0 saturated carbocycles. The minimum atomic E-state index is -1.63. The van der Waals surface area contributed by atoms with Crippen LogP contribution in [-0.4, -0.2) is 25.7 Å². The summed E-state index contributed by atoms with van der Waals surface area (Å²) in [5.74, 6) is 2.88. The molecule has 0 unspecified atom stereocenters. The average Bonchev–Trinajstić information content (AvgIpc) is 2.56. The molecule has 5 heteroatoms. The highest BCUT2D eigenvalue weighted by Gasteiger charge is 2.36. The molecule has 0 bridgehead atoms. The van der Waals surface area contributed by atoms with Crippen molar-refractivity contribution in [1.29, 1.82) is 0 Å². The van der Waals surface area contributed by atoms with E-state index < -0.39 is 8.32 Å². The lowest BCUT2D eigenvalue weighted by Gasteiger charge is -2.36. The highest BCUT2D eigenvalue weighted by Crippen LogP contribution is 2.36. The van der Waals surface area contributed by atoms with Gasteiger partial charge < -0.3 is 9.74 Å². The number of hydrogen-bond donors (Lipinski definition) is 1. The molecular weight excluding hydrogens is 344 g/mol. The fourth-order valence-corrected chi connectivity index (χ4v) is 4.07. The van der Waals surface area contributed by atoms with Gasteiger partial charge in [-0.25, -0.2) is 4.98 Å². The Morgan fingerprint density at radius 1 is 1.08 bits per heavy atom. The van der Waals surface area contributed by atoms with E-state index in [1.165, 1.54) is 5.56 Å². The molecule has 0 radical (unpaired) electrons. The van der Waals surface area contributed by atoms with Gasteiger partial charge in [0.15, 0.2) is 8.32 Å². The summed E-state index contributed by atoms with van der Waals surface area (Å²) in [4.78, 5) is 4.50. The van der Waals surface area contributed by atoms with Gasteiger partial charge in [-0.2, -0.15) is 11.8 Å². The van der Waals surface area contributed by atoms with Crippen LogP contribution in [0, 0.1) is 0 Å². The second-order valence-electron chi connectivity index (χ2n) is 7.66. The van der Waals surface area contributed by atoms with E-state index in [1.807, 2.05) is 42.2 Å². The summed E-state index contributed by atoms with van der Waals surface area (Å²) in [6, 6.07) is 14.3. The van der Waals surface area contributed by atoms with Crippen molar-refractivity contribution in [1.82, 2.24) is 4.98 Å². The second-order valence-corrected chi connectivity index (χ2v) is 13.6. The molecule has 0 aliphatic carbocycles. The molecule has 0 amide bonds. The fraction of sp³-hybridized carbons (Fsp3) is 0.450. The second kappa shape index (κ2) is 8.88. The molecule has 3 nitrogen and oxygen atoms in total. The maximum Gasteiger partial charge on any atom is 0.192 e. The Hall–Kier alpha value is -1.30. The van der Waals surface area contributed by atoms with Gasteiger partial charge in [0.25, 0.3) is 0 Å². The Bertz CT molecular complexity index is 656. The number of pyridine rings is 1. The van der Waals surface area contributed by atoms with Gasteiger partial charge in [-0.3, -0.25) is 0 Å². The number of nitrogens with zero attached hydrogens (tertiary/aromatic N) is 1. The third-order valence-electron chi connectivity index (χ3n) is 4.68. The van der Waals surface area contributed by atoms with Crippen LogP contribution in [-0.2, 0) is 10.2 Å². The normalized spacial score (nSPS) is 12.2. The zero-order chi connectivity index (χ0) is 18.3. The van der Waals surface area contributed by atoms with E-state index in [0.29, 0.717) is 0 Å². The van der Waals surface area contributed by atoms with Crippen LogP contribution < -0.4 is 5.32 Å². The topological polar surface area (TPSA) is 34.1 Å². The summed E-state index contributed by atoms with van der Waals surface area (Å²) in [6.07, 6.45) is 1.83. The first-order chi connectivity index (χ1) is 11.8. The van der Waals surface area contributed by atoms with Crippen molar-refractivity contribution >= 4 is 31.6 Å². The fourth-order valence-electron chi connectivity index (χ4n) is 2.08.